The third-order valence-electron chi connectivity index (χ3n) is 3.25. The van der Waals surface area contributed by atoms with Crippen molar-refractivity contribution in [3.8, 4) is 5.88 Å². The number of amidine groups is 1. The Morgan fingerprint density at radius 1 is 1.42 bits per heavy atom. The van der Waals surface area contributed by atoms with Gasteiger partial charge in [-0.2, -0.15) is 0 Å². The summed E-state index contributed by atoms with van der Waals surface area (Å²) < 4.78 is 5.64. The second kappa shape index (κ2) is 6.94. The van der Waals surface area contributed by atoms with Crippen LogP contribution in [0.25, 0.3) is 0 Å². The summed E-state index contributed by atoms with van der Waals surface area (Å²) in [4.78, 5) is 6.50. The van der Waals surface area contributed by atoms with Gasteiger partial charge in [0.15, 0.2) is 5.84 Å². The van der Waals surface area contributed by atoms with Crippen LogP contribution in [0.15, 0.2) is 23.5 Å². The van der Waals surface area contributed by atoms with Crippen LogP contribution in [-0.2, 0) is 0 Å². The third-order valence-corrected chi connectivity index (χ3v) is 3.25. The fraction of sp³-hybridized carbons (Fsp3) is 0.538. The van der Waals surface area contributed by atoms with Gasteiger partial charge in [-0.3, -0.25) is 4.90 Å². The number of likely N-dealkylation sites (tertiary alicyclic amines) is 1. The maximum absolute atomic E-state index is 8.71. The van der Waals surface area contributed by atoms with Crippen LogP contribution in [0.4, 0.5) is 0 Å². The Balaban J connectivity index is 1.88. The number of pyridine rings is 1. The quantitative estimate of drug-likeness (QED) is 0.359. The van der Waals surface area contributed by atoms with E-state index in [0.717, 1.165) is 19.6 Å². The van der Waals surface area contributed by atoms with Gasteiger partial charge < -0.3 is 15.7 Å². The number of ether oxygens (including phenoxy) is 1. The van der Waals surface area contributed by atoms with Crippen molar-refractivity contribution < 1.29 is 9.94 Å². The molecule has 2 heterocycles. The van der Waals surface area contributed by atoms with Crippen LogP contribution in [-0.4, -0.2) is 47.2 Å². The summed E-state index contributed by atoms with van der Waals surface area (Å²) in [5, 5.41) is 11.7. The molecule has 1 aliphatic rings. The lowest BCUT2D eigenvalue weighted by Gasteiger charge is -2.26. The molecule has 1 aliphatic heterocycles. The molecule has 0 aromatic carbocycles. The average molecular weight is 264 g/mol. The first kappa shape index (κ1) is 13.6. The summed E-state index contributed by atoms with van der Waals surface area (Å²) in [6.07, 6.45) is 5.48. The lowest BCUT2D eigenvalue weighted by Crippen LogP contribution is -2.33. The molecule has 0 bridgehead atoms. The summed E-state index contributed by atoms with van der Waals surface area (Å²) in [6.45, 7) is 3.71. The van der Waals surface area contributed by atoms with Gasteiger partial charge in [0, 0.05) is 12.7 Å². The van der Waals surface area contributed by atoms with Gasteiger partial charge in [-0.05, 0) is 38.1 Å². The molecule has 19 heavy (non-hydrogen) atoms. The van der Waals surface area contributed by atoms with Gasteiger partial charge in [0.1, 0.15) is 6.61 Å². The minimum Gasteiger partial charge on any atom is -0.476 e. The molecule has 0 aliphatic carbocycles. The van der Waals surface area contributed by atoms with Gasteiger partial charge in [0.05, 0.1) is 5.56 Å². The van der Waals surface area contributed by atoms with Crippen LogP contribution < -0.4 is 10.5 Å². The first-order valence-electron chi connectivity index (χ1n) is 6.59. The molecule has 1 fully saturated rings. The number of nitrogens with two attached hydrogens (primary N) is 1. The predicted molar refractivity (Wildman–Crippen MR) is 72.5 cm³/mol. The van der Waals surface area contributed by atoms with E-state index in [2.05, 4.69) is 15.0 Å². The molecule has 0 amide bonds. The largest absolute Gasteiger partial charge is 0.476 e. The van der Waals surface area contributed by atoms with Crippen molar-refractivity contribution in [2.24, 2.45) is 10.9 Å². The highest BCUT2D eigenvalue weighted by atomic mass is 16.5. The monoisotopic (exact) mass is 264 g/mol. The van der Waals surface area contributed by atoms with E-state index >= 15 is 0 Å². The molecule has 0 atom stereocenters. The smallest absolute Gasteiger partial charge is 0.224 e. The summed E-state index contributed by atoms with van der Waals surface area (Å²) in [5.74, 6) is 0.427. The molecule has 3 N–H and O–H groups in total. The van der Waals surface area contributed by atoms with E-state index < -0.39 is 0 Å². The first-order valence-corrected chi connectivity index (χ1v) is 6.59. The van der Waals surface area contributed by atoms with E-state index in [1.165, 1.54) is 19.3 Å². The number of aromatic nitrogens is 1. The molecule has 6 nitrogen and oxygen atoms in total. The minimum atomic E-state index is 0.0149. The van der Waals surface area contributed by atoms with E-state index in [1.54, 1.807) is 18.3 Å². The molecule has 2 rings (SSSR count). The zero-order valence-corrected chi connectivity index (χ0v) is 11.0. The van der Waals surface area contributed by atoms with E-state index in [1.807, 2.05) is 0 Å². The summed E-state index contributed by atoms with van der Waals surface area (Å²) >= 11 is 0. The number of hydrogen-bond donors (Lipinski definition) is 2. The van der Waals surface area contributed by atoms with Crippen molar-refractivity contribution >= 4 is 5.84 Å². The Kier molecular flexibility index (Phi) is 4.97. The highest BCUT2D eigenvalue weighted by Crippen LogP contribution is 2.14. The molecule has 6 heteroatoms. The first-order chi connectivity index (χ1) is 9.31. The van der Waals surface area contributed by atoms with Crippen LogP contribution in [0.3, 0.4) is 0 Å². The summed E-state index contributed by atoms with van der Waals surface area (Å²) in [5.41, 5.74) is 6.10. The number of piperidine rings is 1. The van der Waals surface area contributed by atoms with Gasteiger partial charge in [-0.1, -0.05) is 11.6 Å². The molecule has 0 unspecified atom stereocenters. The molecule has 0 saturated carbocycles. The topological polar surface area (TPSA) is 84.0 Å². The fourth-order valence-corrected chi connectivity index (χ4v) is 2.21. The van der Waals surface area contributed by atoms with Crippen LogP contribution in [0, 0.1) is 0 Å². The van der Waals surface area contributed by atoms with Crippen molar-refractivity contribution in [3.05, 3.63) is 23.9 Å². The van der Waals surface area contributed by atoms with Crippen molar-refractivity contribution in [2.75, 3.05) is 26.2 Å². The zero-order chi connectivity index (χ0) is 13.5. The number of nitrogens with zero attached hydrogens (tertiary/aromatic N) is 3. The zero-order valence-electron chi connectivity index (χ0n) is 11.0. The second-order valence-electron chi connectivity index (χ2n) is 4.59. The van der Waals surface area contributed by atoms with E-state index in [0.29, 0.717) is 18.1 Å². The van der Waals surface area contributed by atoms with Gasteiger partial charge in [-0.25, -0.2) is 4.98 Å². The SMILES string of the molecule is N/C(=N/O)c1cccnc1OCCN1CCCCC1. The van der Waals surface area contributed by atoms with Crippen LogP contribution >= 0.6 is 0 Å². The Bertz CT molecular complexity index is 430. The Hall–Kier alpha value is -1.82. The van der Waals surface area contributed by atoms with Crippen LogP contribution in [0.2, 0.25) is 0 Å². The summed E-state index contributed by atoms with van der Waals surface area (Å²) in [6, 6.07) is 3.45. The normalized spacial score (nSPS) is 17.4. The van der Waals surface area contributed by atoms with Crippen molar-refractivity contribution in [3.63, 3.8) is 0 Å². The predicted octanol–water partition coefficient (Wildman–Crippen LogP) is 1.04. The average Bonchev–Trinajstić information content (AvgIpc) is 2.48. The highest BCUT2D eigenvalue weighted by molar-refractivity contribution is 5.98. The van der Waals surface area contributed by atoms with E-state index in [4.69, 9.17) is 15.7 Å². The maximum atomic E-state index is 8.71. The Morgan fingerprint density at radius 3 is 2.95 bits per heavy atom. The number of hydrogen-bond acceptors (Lipinski definition) is 5. The number of oxime groups is 1. The minimum absolute atomic E-state index is 0.0149. The van der Waals surface area contributed by atoms with Crippen molar-refractivity contribution in [1.82, 2.24) is 9.88 Å². The molecular weight excluding hydrogens is 244 g/mol. The van der Waals surface area contributed by atoms with Gasteiger partial charge in [-0.15, -0.1) is 0 Å². The number of rotatable bonds is 5. The molecule has 0 spiro atoms. The van der Waals surface area contributed by atoms with Crippen LogP contribution in [0.1, 0.15) is 24.8 Å². The lowest BCUT2D eigenvalue weighted by atomic mass is 10.1. The molecule has 1 aromatic rings. The van der Waals surface area contributed by atoms with E-state index in [-0.39, 0.29) is 5.84 Å². The lowest BCUT2D eigenvalue weighted by molar-refractivity contribution is 0.180. The Labute approximate surface area is 112 Å². The van der Waals surface area contributed by atoms with Crippen molar-refractivity contribution in [1.29, 1.82) is 0 Å². The van der Waals surface area contributed by atoms with Gasteiger partial charge in [0.25, 0.3) is 0 Å². The van der Waals surface area contributed by atoms with Gasteiger partial charge >= 0.3 is 0 Å². The Morgan fingerprint density at radius 2 is 2.21 bits per heavy atom. The van der Waals surface area contributed by atoms with Gasteiger partial charge in [0.2, 0.25) is 5.88 Å². The van der Waals surface area contributed by atoms with Crippen molar-refractivity contribution in [2.45, 2.75) is 19.3 Å². The molecule has 1 saturated heterocycles. The fourth-order valence-electron chi connectivity index (χ4n) is 2.21. The maximum Gasteiger partial charge on any atom is 0.224 e. The second-order valence-corrected chi connectivity index (χ2v) is 4.59. The third kappa shape index (κ3) is 3.82. The molecular formula is C13H20N4O2. The molecule has 1 aromatic heterocycles. The summed E-state index contributed by atoms with van der Waals surface area (Å²) in [7, 11) is 0. The van der Waals surface area contributed by atoms with Crippen LogP contribution in [0.5, 0.6) is 5.88 Å². The van der Waals surface area contributed by atoms with E-state index in [9.17, 15) is 0 Å². The highest BCUT2D eigenvalue weighted by Gasteiger charge is 2.12. The standard InChI is InChI=1S/C13H20N4O2/c14-12(16-18)11-5-4-6-15-13(11)19-10-9-17-7-2-1-3-8-17/h4-6,18H,1-3,7-10H2,(H2,14,16). The molecule has 0 radical (unpaired) electrons. The molecule has 104 valence electrons.